The maximum Gasteiger partial charge on any atom is 0.0625 e. The molecule has 0 N–H and O–H groups in total. The highest BCUT2D eigenvalue weighted by atomic mass is 15.1. The summed E-state index contributed by atoms with van der Waals surface area (Å²) >= 11 is 0. The number of hydrogen-bond acceptors (Lipinski definition) is 2. The molecule has 0 amide bonds. The second-order valence-corrected chi connectivity index (χ2v) is 4.55. The van der Waals surface area contributed by atoms with Gasteiger partial charge in [0.1, 0.15) is 0 Å². The first kappa shape index (κ1) is 11.2. The van der Waals surface area contributed by atoms with Crippen LogP contribution in [0.5, 0.6) is 0 Å². The van der Waals surface area contributed by atoms with E-state index in [0.717, 1.165) is 25.9 Å². The Morgan fingerprint density at radius 2 is 2.12 bits per heavy atom. The van der Waals surface area contributed by atoms with E-state index >= 15 is 0 Å². The standard InChI is InChI=1S/C14H18N2/c15-9-6-14-8-11-16(12-14)10-7-13-4-2-1-3-5-13/h1-5,14H,6-8,10-12H2/t14-/m0/s1. The van der Waals surface area contributed by atoms with Gasteiger partial charge in [0.05, 0.1) is 6.07 Å². The largest absolute Gasteiger partial charge is 0.303 e. The summed E-state index contributed by atoms with van der Waals surface area (Å²) in [6.45, 7) is 3.41. The Morgan fingerprint density at radius 1 is 1.31 bits per heavy atom. The van der Waals surface area contributed by atoms with Crippen molar-refractivity contribution in [2.75, 3.05) is 19.6 Å². The molecular formula is C14H18N2. The molecule has 0 aromatic heterocycles. The Labute approximate surface area is 97.5 Å². The lowest BCUT2D eigenvalue weighted by Gasteiger charge is -2.15. The molecule has 1 atom stereocenters. The van der Waals surface area contributed by atoms with Crippen molar-refractivity contribution in [1.82, 2.24) is 4.90 Å². The van der Waals surface area contributed by atoms with E-state index in [1.54, 1.807) is 0 Å². The SMILES string of the molecule is N#CC[C@H]1CCN(CCc2ccccc2)C1. The van der Waals surface area contributed by atoms with Crippen molar-refractivity contribution in [2.24, 2.45) is 5.92 Å². The topological polar surface area (TPSA) is 27.0 Å². The number of likely N-dealkylation sites (tertiary alicyclic amines) is 1. The molecular weight excluding hydrogens is 196 g/mol. The summed E-state index contributed by atoms with van der Waals surface area (Å²) in [6, 6.07) is 12.9. The third-order valence-electron chi connectivity index (χ3n) is 3.31. The molecule has 1 fully saturated rings. The maximum atomic E-state index is 8.65. The molecule has 1 aliphatic rings. The van der Waals surface area contributed by atoms with Gasteiger partial charge in [-0.1, -0.05) is 30.3 Å². The first-order chi connectivity index (χ1) is 7.88. The number of rotatable bonds is 4. The Bertz CT molecular complexity index is 353. The lowest BCUT2D eigenvalue weighted by molar-refractivity contribution is 0.329. The van der Waals surface area contributed by atoms with Crippen molar-refractivity contribution in [3.63, 3.8) is 0 Å². The minimum Gasteiger partial charge on any atom is -0.303 e. The molecule has 2 nitrogen and oxygen atoms in total. The summed E-state index contributed by atoms with van der Waals surface area (Å²) in [6.07, 6.45) is 3.05. The third-order valence-corrected chi connectivity index (χ3v) is 3.31. The number of hydrogen-bond donors (Lipinski definition) is 0. The molecule has 2 rings (SSSR count). The van der Waals surface area contributed by atoms with E-state index in [0.29, 0.717) is 5.92 Å². The predicted molar refractivity (Wildman–Crippen MR) is 64.9 cm³/mol. The molecule has 1 aliphatic heterocycles. The Balaban J connectivity index is 1.74. The van der Waals surface area contributed by atoms with Gasteiger partial charge in [0, 0.05) is 19.5 Å². The van der Waals surface area contributed by atoms with E-state index in [-0.39, 0.29) is 0 Å². The first-order valence-electron chi connectivity index (χ1n) is 6.01. The fraction of sp³-hybridized carbons (Fsp3) is 0.500. The molecule has 1 saturated heterocycles. The Kier molecular flexibility index (Phi) is 3.96. The zero-order valence-electron chi connectivity index (χ0n) is 9.60. The molecule has 0 unspecified atom stereocenters. The van der Waals surface area contributed by atoms with Crippen LogP contribution in [0.4, 0.5) is 0 Å². The minimum absolute atomic E-state index is 0.612. The Morgan fingerprint density at radius 3 is 2.88 bits per heavy atom. The molecule has 0 aliphatic carbocycles. The molecule has 16 heavy (non-hydrogen) atoms. The van der Waals surface area contributed by atoms with Gasteiger partial charge in [0.25, 0.3) is 0 Å². The zero-order chi connectivity index (χ0) is 11.2. The van der Waals surface area contributed by atoms with Gasteiger partial charge in [0.2, 0.25) is 0 Å². The van der Waals surface area contributed by atoms with Crippen molar-refractivity contribution in [1.29, 1.82) is 5.26 Å². The fourth-order valence-corrected chi connectivity index (χ4v) is 2.34. The lowest BCUT2D eigenvalue weighted by atomic mass is 10.1. The monoisotopic (exact) mass is 214 g/mol. The van der Waals surface area contributed by atoms with Crippen LogP contribution in [-0.4, -0.2) is 24.5 Å². The second-order valence-electron chi connectivity index (χ2n) is 4.55. The number of nitrogens with zero attached hydrogens (tertiary/aromatic N) is 2. The van der Waals surface area contributed by atoms with E-state index in [1.807, 2.05) is 0 Å². The minimum atomic E-state index is 0.612. The highest BCUT2D eigenvalue weighted by Crippen LogP contribution is 2.19. The van der Waals surface area contributed by atoms with Crippen LogP contribution in [0.25, 0.3) is 0 Å². The van der Waals surface area contributed by atoms with E-state index in [9.17, 15) is 0 Å². The van der Waals surface area contributed by atoms with E-state index in [2.05, 4.69) is 41.3 Å². The van der Waals surface area contributed by atoms with Crippen LogP contribution in [0, 0.1) is 17.2 Å². The summed E-state index contributed by atoms with van der Waals surface area (Å²) in [5.74, 6) is 0.612. The third kappa shape index (κ3) is 3.08. The van der Waals surface area contributed by atoms with Crippen LogP contribution < -0.4 is 0 Å². The van der Waals surface area contributed by atoms with Crippen molar-refractivity contribution in [2.45, 2.75) is 19.3 Å². The highest BCUT2D eigenvalue weighted by molar-refractivity contribution is 5.14. The number of benzene rings is 1. The van der Waals surface area contributed by atoms with Crippen LogP contribution in [0.2, 0.25) is 0 Å². The van der Waals surface area contributed by atoms with Crippen molar-refractivity contribution < 1.29 is 0 Å². The molecule has 2 heteroatoms. The van der Waals surface area contributed by atoms with Gasteiger partial charge in [0.15, 0.2) is 0 Å². The van der Waals surface area contributed by atoms with Crippen LogP contribution in [0.15, 0.2) is 30.3 Å². The summed E-state index contributed by atoms with van der Waals surface area (Å²) in [5, 5.41) is 8.65. The normalized spacial score (nSPS) is 20.8. The van der Waals surface area contributed by atoms with Gasteiger partial charge in [-0.2, -0.15) is 5.26 Å². The fourth-order valence-electron chi connectivity index (χ4n) is 2.34. The van der Waals surface area contributed by atoms with Crippen molar-refractivity contribution >= 4 is 0 Å². The average Bonchev–Trinajstić information content (AvgIpc) is 2.76. The van der Waals surface area contributed by atoms with Gasteiger partial charge < -0.3 is 4.90 Å². The number of nitriles is 1. The summed E-state index contributed by atoms with van der Waals surface area (Å²) in [4.78, 5) is 2.48. The van der Waals surface area contributed by atoms with Crippen LogP contribution in [-0.2, 0) is 6.42 Å². The van der Waals surface area contributed by atoms with Gasteiger partial charge >= 0.3 is 0 Å². The zero-order valence-corrected chi connectivity index (χ0v) is 9.60. The molecule has 0 radical (unpaired) electrons. The van der Waals surface area contributed by atoms with Crippen LogP contribution in [0.3, 0.4) is 0 Å². The average molecular weight is 214 g/mol. The quantitative estimate of drug-likeness (QED) is 0.770. The van der Waals surface area contributed by atoms with E-state index < -0.39 is 0 Å². The first-order valence-corrected chi connectivity index (χ1v) is 6.01. The van der Waals surface area contributed by atoms with Gasteiger partial charge in [-0.3, -0.25) is 0 Å². The molecule has 0 spiro atoms. The van der Waals surface area contributed by atoms with E-state index in [4.69, 9.17) is 5.26 Å². The summed E-state index contributed by atoms with van der Waals surface area (Å²) in [5.41, 5.74) is 1.41. The van der Waals surface area contributed by atoms with E-state index in [1.165, 1.54) is 18.5 Å². The molecule has 84 valence electrons. The van der Waals surface area contributed by atoms with Crippen LogP contribution in [0.1, 0.15) is 18.4 Å². The molecule has 1 aromatic carbocycles. The summed E-state index contributed by atoms with van der Waals surface area (Å²) < 4.78 is 0. The molecule has 1 heterocycles. The van der Waals surface area contributed by atoms with Crippen molar-refractivity contribution in [3.8, 4) is 6.07 Å². The highest BCUT2D eigenvalue weighted by Gasteiger charge is 2.21. The smallest absolute Gasteiger partial charge is 0.0625 e. The molecule has 0 bridgehead atoms. The van der Waals surface area contributed by atoms with Crippen LogP contribution >= 0.6 is 0 Å². The van der Waals surface area contributed by atoms with Gasteiger partial charge in [-0.05, 0) is 30.9 Å². The second kappa shape index (κ2) is 5.67. The lowest BCUT2D eigenvalue weighted by Crippen LogP contribution is -2.23. The molecule has 1 aromatic rings. The summed E-state index contributed by atoms with van der Waals surface area (Å²) in [7, 11) is 0. The Hall–Kier alpha value is -1.33. The van der Waals surface area contributed by atoms with Gasteiger partial charge in [-0.15, -0.1) is 0 Å². The predicted octanol–water partition coefficient (Wildman–Crippen LogP) is 2.46. The van der Waals surface area contributed by atoms with Gasteiger partial charge in [-0.25, -0.2) is 0 Å². The maximum absolute atomic E-state index is 8.65. The van der Waals surface area contributed by atoms with Crippen molar-refractivity contribution in [3.05, 3.63) is 35.9 Å². The molecule has 0 saturated carbocycles.